The van der Waals surface area contributed by atoms with Gasteiger partial charge in [0.15, 0.2) is 5.82 Å². The van der Waals surface area contributed by atoms with Crippen molar-refractivity contribution in [3.63, 3.8) is 0 Å². The van der Waals surface area contributed by atoms with Crippen LogP contribution in [0.2, 0.25) is 0 Å². The summed E-state index contributed by atoms with van der Waals surface area (Å²) >= 11 is 0. The highest BCUT2D eigenvalue weighted by Crippen LogP contribution is 2.29. The van der Waals surface area contributed by atoms with E-state index in [9.17, 15) is 0 Å². The van der Waals surface area contributed by atoms with Crippen molar-refractivity contribution in [2.75, 3.05) is 18.1 Å². The monoisotopic (exact) mass is 209 g/mol. The third-order valence-corrected chi connectivity index (χ3v) is 2.49. The van der Waals surface area contributed by atoms with Crippen LogP contribution in [0.4, 0.5) is 5.82 Å². The van der Waals surface area contributed by atoms with Crippen molar-refractivity contribution in [3.8, 4) is 0 Å². The predicted molar refractivity (Wildman–Crippen MR) is 55.4 cm³/mol. The van der Waals surface area contributed by atoms with E-state index < -0.39 is 0 Å². The second kappa shape index (κ2) is 4.55. The quantitative estimate of drug-likeness (QED) is 0.710. The van der Waals surface area contributed by atoms with Gasteiger partial charge < -0.3 is 15.1 Å². The summed E-state index contributed by atoms with van der Waals surface area (Å²) in [4.78, 5) is 2.06. The molecule has 15 heavy (non-hydrogen) atoms. The Bertz CT molecular complexity index is 311. The van der Waals surface area contributed by atoms with Gasteiger partial charge in [-0.25, -0.2) is 0 Å². The van der Waals surface area contributed by atoms with Gasteiger partial charge in [-0.2, -0.15) is 5.10 Å². The fourth-order valence-electron chi connectivity index (χ4n) is 1.57. The van der Waals surface area contributed by atoms with Crippen LogP contribution < -0.4 is 4.90 Å². The van der Waals surface area contributed by atoms with Gasteiger partial charge in [0.2, 0.25) is 0 Å². The summed E-state index contributed by atoms with van der Waals surface area (Å²) in [6, 6.07) is 4.10. The minimum atomic E-state index is -0.0866. The zero-order chi connectivity index (χ0) is 10.7. The Labute approximate surface area is 88.4 Å². The third kappa shape index (κ3) is 2.43. The maximum absolute atomic E-state index is 8.95. The first kappa shape index (κ1) is 10.3. The summed E-state index contributed by atoms with van der Waals surface area (Å²) in [5.41, 5.74) is 0.568. The molecule has 1 heterocycles. The van der Waals surface area contributed by atoms with Gasteiger partial charge in [-0.3, -0.25) is 0 Å². The first-order valence-corrected chi connectivity index (χ1v) is 5.16. The van der Waals surface area contributed by atoms with Crippen molar-refractivity contribution in [2.45, 2.75) is 25.5 Å². The van der Waals surface area contributed by atoms with E-state index in [1.165, 1.54) is 0 Å². The molecule has 5 nitrogen and oxygen atoms in total. The van der Waals surface area contributed by atoms with Crippen LogP contribution in [0.1, 0.15) is 18.5 Å². The number of hydrogen-bond acceptors (Lipinski definition) is 5. The van der Waals surface area contributed by atoms with E-state index in [2.05, 4.69) is 15.1 Å². The summed E-state index contributed by atoms with van der Waals surface area (Å²) < 4.78 is 0. The Balaban J connectivity index is 2.10. The molecule has 1 saturated carbocycles. The smallest absolute Gasteiger partial charge is 0.151 e. The van der Waals surface area contributed by atoms with Crippen molar-refractivity contribution in [1.29, 1.82) is 0 Å². The summed E-state index contributed by atoms with van der Waals surface area (Å²) in [6.45, 7) is 0.633. The molecule has 1 aliphatic carbocycles. The zero-order valence-electron chi connectivity index (χ0n) is 8.50. The molecule has 2 rings (SSSR count). The van der Waals surface area contributed by atoms with Crippen LogP contribution in [0.25, 0.3) is 0 Å². The number of hydrogen-bond donors (Lipinski definition) is 2. The van der Waals surface area contributed by atoms with Crippen LogP contribution in [0.15, 0.2) is 12.1 Å². The van der Waals surface area contributed by atoms with Crippen molar-refractivity contribution >= 4 is 5.82 Å². The highest BCUT2D eigenvalue weighted by Gasteiger charge is 2.29. The minimum Gasteiger partial charge on any atom is -0.395 e. The summed E-state index contributed by atoms with van der Waals surface area (Å²) in [7, 11) is 0. The van der Waals surface area contributed by atoms with Gasteiger partial charge >= 0.3 is 0 Å². The molecule has 0 amide bonds. The van der Waals surface area contributed by atoms with Crippen molar-refractivity contribution in [3.05, 3.63) is 17.8 Å². The first-order chi connectivity index (χ1) is 7.35. The van der Waals surface area contributed by atoms with Gasteiger partial charge in [0.05, 0.1) is 18.9 Å². The van der Waals surface area contributed by atoms with Gasteiger partial charge in [0.25, 0.3) is 0 Å². The predicted octanol–water partition coefficient (Wildman–Crippen LogP) is -0.0700. The molecule has 0 aliphatic heterocycles. The highest BCUT2D eigenvalue weighted by atomic mass is 16.3. The normalized spacial score (nSPS) is 15.3. The number of rotatable bonds is 5. The lowest BCUT2D eigenvalue weighted by molar-refractivity contribution is 0.275. The molecule has 0 saturated heterocycles. The molecule has 82 valence electrons. The summed E-state index contributed by atoms with van der Waals surface area (Å²) in [5, 5.41) is 25.7. The van der Waals surface area contributed by atoms with E-state index in [1.54, 1.807) is 6.07 Å². The van der Waals surface area contributed by atoms with E-state index in [-0.39, 0.29) is 13.2 Å². The topological polar surface area (TPSA) is 69.5 Å². The lowest BCUT2D eigenvalue weighted by Gasteiger charge is -2.21. The van der Waals surface area contributed by atoms with E-state index in [1.807, 2.05) is 6.07 Å². The second-order valence-corrected chi connectivity index (χ2v) is 3.69. The molecule has 0 unspecified atom stereocenters. The number of nitrogens with zero attached hydrogens (tertiary/aromatic N) is 3. The van der Waals surface area contributed by atoms with Crippen molar-refractivity contribution in [2.24, 2.45) is 0 Å². The van der Waals surface area contributed by atoms with E-state index in [0.717, 1.165) is 18.7 Å². The number of anilines is 1. The minimum absolute atomic E-state index is 0.0866. The van der Waals surface area contributed by atoms with Crippen LogP contribution in [0, 0.1) is 0 Å². The Kier molecular flexibility index (Phi) is 3.13. The van der Waals surface area contributed by atoms with E-state index >= 15 is 0 Å². The molecule has 0 atom stereocenters. The lowest BCUT2D eigenvalue weighted by Crippen LogP contribution is -2.29. The number of aliphatic hydroxyl groups excluding tert-OH is 2. The Morgan fingerprint density at radius 3 is 2.53 bits per heavy atom. The van der Waals surface area contributed by atoms with Gasteiger partial charge in [0, 0.05) is 12.6 Å². The maximum atomic E-state index is 8.95. The largest absolute Gasteiger partial charge is 0.395 e. The van der Waals surface area contributed by atoms with Crippen LogP contribution >= 0.6 is 0 Å². The molecule has 1 aromatic heterocycles. The summed E-state index contributed by atoms with van der Waals surface area (Å²) in [5.74, 6) is 0.781. The van der Waals surface area contributed by atoms with E-state index in [0.29, 0.717) is 18.3 Å². The molecule has 0 radical (unpaired) electrons. The van der Waals surface area contributed by atoms with Gasteiger partial charge in [0.1, 0.15) is 0 Å². The molecule has 1 aliphatic rings. The molecule has 5 heteroatoms. The Hall–Kier alpha value is -1.20. The molecule has 0 bridgehead atoms. The fraction of sp³-hybridized carbons (Fsp3) is 0.600. The molecular formula is C10H15N3O2. The molecule has 1 fully saturated rings. The summed E-state index contributed by atoms with van der Waals surface area (Å²) in [6.07, 6.45) is 2.31. The molecular weight excluding hydrogens is 194 g/mol. The average Bonchev–Trinajstić information content (AvgIpc) is 3.10. The van der Waals surface area contributed by atoms with Gasteiger partial charge in [-0.1, -0.05) is 0 Å². The second-order valence-electron chi connectivity index (χ2n) is 3.69. The molecule has 0 aromatic carbocycles. The van der Waals surface area contributed by atoms with Crippen LogP contribution in [-0.4, -0.2) is 39.6 Å². The molecule has 1 aromatic rings. The standard InChI is InChI=1S/C10H15N3O2/c14-6-5-13(9-2-3-9)10-4-1-8(7-15)11-12-10/h1,4,9,14-15H,2-3,5-7H2. The highest BCUT2D eigenvalue weighted by molar-refractivity contribution is 5.40. The Morgan fingerprint density at radius 1 is 1.27 bits per heavy atom. The number of aliphatic hydroxyl groups is 2. The third-order valence-electron chi connectivity index (χ3n) is 2.49. The van der Waals surface area contributed by atoms with Crippen LogP contribution in [0.3, 0.4) is 0 Å². The average molecular weight is 209 g/mol. The lowest BCUT2D eigenvalue weighted by atomic mass is 10.3. The first-order valence-electron chi connectivity index (χ1n) is 5.16. The van der Waals surface area contributed by atoms with Gasteiger partial charge in [-0.15, -0.1) is 5.10 Å². The van der Waals surface area contributed by atoms with Crippen molar-refractivity contribution in [1.82, 2.24) is 10.2 Å². The van der Waals surface area contributed by atoms with Crippen LogP contribution in [0.5, 0.6) is 0 Å². The maximum Gasteiger partial charge on any atom is 0.151 e. The fourth-order valence-corrected chi connectivity index (χ4v) is 1.57. The van der Waals surface area contributed by atoms with E-state index in [4.69, 9.17) is 10.2 Å². The van der Waals surface area contributed by atoms with Crippen LogP contribution in [-0.2, 0) is 6.61 Å². The van der Waals surface area contributed by atoms with Crippen molar-refractivity contribution < 1.29 is 10.2 Å². The molecule has 0 spiro atoms. The number of aromatic nitrogens is 2. The molecule has 2 N–H and O–H groups in total. The van der Waals surface area contributed by atoms with Gasteiger partial charge in [-0.05, 0) is 25.0 Å². The SMILES string of the molecule is OCCN(c1ccc(CO)nn1)C1CC1. The Morgan fingerprint density at radius 2 is 2.07 bits per heavy atom. The zero-order valence-corrected chi connectivity index (χ0v) is 8.50.